The number of hydrogen-bond acceptors (Lipinski definition) is 7. The topological polar surface area (TPSA) is 140 Å². The van der Waals surface area contributed by atoms with Crippen LogP contribution in [0.15, 0.2) is 91.3 Å². The summed E-state index contributed by atoms with van der Waals surface area (Å²) in [7, 11) is 0. The number of H-pyrrole nitrogens is 2. The van der Waals surface area contributed by atoms with Crippen molar-refractivity contribution in [2.75, 3.05) is 32.8 Å². The SMILES string of the molecule is CCOC(=O)N[C@H](C)C(=O)N1CCC[C@H]1c1ncc(-c2ccc(-c3ccc(-c4cnc([C@@H]5CCCN5C(=O)[C@@H](c5ccccc5)N(CC)CC)[nH]4)cc3)cc2)[nH]1. The van der Waals surface area contributed by atoms with Crippen molar-refractivity contribution < 1.29 is 19.1 Å². The van der Waals surface area contributed by atoms with E-state index in [1.165, 1.54) is 0 Å². The first-order chi connectivity index (χ1) is 27.3. The quantitative estimate of drug-likeness (QED) is 0.112. The van der Waals surface area contributed by atoms with Crippen LogP contribution >= 0.6 is 0 Å². The van der Waals surface area contributed by atoms with E-state index in [2.05, 4.69) is 99.7 Å². The molecule has 2 saturated heterocycles. The number of imidazole rings is 2. The molecule has 0 unspecified atom stereocenters. The number of likely N-dealkylation sites (tertiary alicyclic amines) is 2. The number of nitrogens with zero attached hydrogens (tertiary/aromatic N) is 5. The number of carbonyl (C=O) groups is 3. The largest absolute Gasteiger partial charge is 0.450 e. The van der Waals surface area contributed by atoms with Gasteiger partial charge in [-0.05, 0) is 80.4 Å². The number of ether oxygens (including phenoxy) is 1. The molecule has 12 heteroatoms. The molecule has 0 aliphatic carbocycles. The summed E-state index contributed by atoms with van der Waals surface area (Å²) >= 11 is 0. The summed E-state index contributed by atoms with van der Waals surface area (Å²) < 4.78 is 4.95. The normalized spacial score (nSPS) is 17.9. The van der Waals surface area contributed by atoms with Crippen LogP contribution in [-0.4, -0.2) is 91.4 Å². The minimum atomic E-state index is -0.695. The van der Waals surface area contributed by atoms with Crippen LogP contribution in [0.2, 0.25) is 0 Å². The Morgan fingerprint density at radius 2 is 1.21 bits per heavy atom. The van der Waals surface area contributed by atoms with E-state index in [0.29, 0.717) is 6.54 Å². The summed E-state index contributed by atoms with van der Waals surface area (Å²) in [5.74, 6) is 1.54. The fraction of sp³-hybridized carbons (Fsp3) is 0.386. The summed E-state index contributed by atoms with van der Waals surface area (Å²) in [6, 6.07) is 25.6. The van der Waals surface area contributed by atoms with Gasteiger partial charge >= 0.3 is 6.09 Å². The number of rotatable bonds is 13. The lowest BCUT2D eigenvalue weighted by Crippen LogP contribution is -2.46. The molecule has 0 spiro atoms. The number of benzene rings is 3. The number of carbonyl (C=O) groups excluding carboxylic acids is 3. The van der Waals surface area contributed by atoms with Crippen LogP contribution in [0.4, 0.5) is 4.79 Å². The summed E-state index contributed by atoms with van der Waals surface area (Å²) in [6.45, 7) is 10.8. The molecule has 2 aliphatic rings. The minimum Gasteiger partial charge on any atom is -0.450 e. The van der Waals surface area contributed by atoms with E-state index in [4.69, 9.17) is 9.72 Å². The zero-order chi connectivity index (χ0) is 39.2. The number of alkyl carbamates (subject to hydrolysis) is 1. The van der Waals surface area contributed by atoms with E-state index in [1.54, 1.807) is 18.7 Å². The molecule has 2 aliphatic heterocycles. The van der Waals surface area contributed by atoms with Crippen LogP contribution in [-0.2, 0) is 14.3 Å². The standard InChI is InChI=1S/C44H52N8O4/c1-5-50(6-2)39(34-13-9-8-10-14-34)43(54)52-26-12-16-38(52)41-46-28-36(49-41)33-23-19-31(20-24-33)30-17-21-32(22-18-30)35-27-45-40(48-35)37-15-11-25-51(37)42(53)29(4)47-44(55)56-7-3/h8-10,13-14,17-24,27-29,37-39H,5-7,11-12,15-16,25-26H2,1-4H3,(H,45,48)(H,46,49)(H,47,55)/t29-,37+,38+,39-/m1/s1. The molecule has 3 amide bonds. The maximum absolute atomic E-state index is 14.2. The third kappa shape index (κ3) is 8.11. The van der Waals surface area contributed by atoms with Crippen molar-refractivity contribution in [3.63, 3.8) is 0 Å². The van der Waals surface area contributed by atoms with Crippen molar-refractivity contribution in [3.05, 3.63) is 108 Å². The molecular formula is C44H52N8O4. The highest BCUT2D eigenvalue weighted by molar-refractivity contribution is 5.86. The van der Waals surface area contributed by atoms with Crippen molar-refractivity contribution in [3.8, 4) is 33.6 Å². The van der Waals surface area contributed by atoms with Gasteiger partial charge in [-0.1, -0.05) is 92.7 Å². The van der Waals surface area contributed by atoms with Crippen molar-refractivity contribution in [1.29, 1.82) is 0 Å². The van der Waals surface area contributed by atoms with Gasteiger partial charge in [0.15, 0.2) is 0 Å². The van der Waals surface area contributed by atoms with Gasteiger partial charge in [0, 0.05) is 13.1 Å². The molecule has 4 heterocycles. The van der Waals surface area contributed by atoms with E-state index in [-0.39, 0.29) is 36.5 Å². The summed E-state index contributed by atoms with van der Waals surface area (Å²) in [5.41, 5.74) is 7.02. The van der Waals surface area contributed by atoms with Crippen LogP contribution in [0.5, 0.6) is 0 Å². The molecule has 0 bridgehead atoms. The van der Waals surface area contributed by atoms with Crippen LogP contribution in [0, 0.1) is 0 Å². The van der Waals surface area contributed by atoms with Gasteiger partial charge in [-0.2, -0.15) is 0 Å². The van der Waals surface area contributed by atoms with Gasteiger partial charge in [0.25, 0.3) is 0 Å². The molecule has 2 fully saturated rings. The highest BCUT2D eigenvalue weighted by Gasteiger charge is 2.38. The van der Waals surface area contributed by atoms with Crippen molar-refractivity contribution in [2.45, 2.75) is 77.5 Å². The monoisotopic (exact) mass is 756 g/mol. The number of hydrogen-bond donors (Lipinski definition) is 3. The molecule has 292 valence electrons. The van der Waals surface area contributed by atoms with Gasteiger partial charge in [-0.25, -0.2) is 14.8 Å². The molecule has 3 aromatic carbocycles. The number of amides is 3. The number of aromatic amines is 2. The molecule has 5 aromatic rings. The lowest BCUT2D eigenvalue weighted by molar-refractivity contribution is -0.138. The Morgan fingerprint density at radius 1 is 0.732 bits per heavy atom. The first kappa shape index (κ1) is 38.5. The highest BCUT2D eigenvalue weighted by atomic mass is 16.5. The average Bonchev–Trinajstić information content (AvgIpc) is 4.07. The van der Waals surface area contributed by atoms with Gasteiger partial charge in [0.05, 0.1) is 42.5 Å². The third-order valence-electron chi connectivity index (χ3n) is 11.1. The van der Waals surface area contributed by atoms with Crippen LogP contribution < -0.4 is 5.32 Å². The van der Waals surface area contributed by atoms with E-state index in [0.717, 1.165) is 96.2 Å². The van der Waals surface area contributed by atoms with E-state index in [1.807, 2.05) is 35.5 Å². The van der Waals surface area contributed by atoms with Crippen molar-refractivity contribution in [1.82, 2.24) is 40.0 Å². The average molecular weight is 757 g/mol. The van der Waals surface area contributed by atoms with Crippen molar-refractivity contribution >= 4 is 17.9 Å². The van der Waals surface area contributed by atoms with Crippen molar-refractivity contribution in [2.24, 2.45) is 0 Å². The van der Waals surface area contributed by atoms with Gasteiger partial charge in [-0.3, -0.25) is 14.5 Å². The molecule has 0 radical (unpaired) electrons. The lowest BCUT2D eigenvalue weighted by atomic mass is 10.0. The second-order valence-corrected chi connectivity index (χ2v) is 14.5. The Labute approximate surface area is 328 Å². The number of nitrogens with one attached hydrogen (secondary N) is 3. The molecule has 4 atom stereocenters. The second-order valence-electron chi connectivity index (χ2n) is 14.5. The second kappa shape index (κ2) is 17.4. The first-order valence-electron chi connectivity index (χ1n) is 19.9. The molecule has 0 saturated carbocycles. The molecule has 12 nitrogen and oxygen atoms in total. The Hall–Kier alpha value is -5.75. The number of likely N-dealkylation sites (N-methyl/N-ethyl adjacent to an activating group) is 1. The maximum atomic E-state index is 14.2. The first-order valence-corrected chi connectivity index (χ1v) is 19.9. The van der Waals surface area contributed by atoms with Gasteiger partial charge < -0.3 is 29.8 Å². The number of aromatic nitrogens is 4. The van der Waals surface area contributed by atoms with Gasteiger partial charge in [0.2, 0.25) is 11.8 Å². The summed E-state index contributed by atoms with van der Waals surface area (Å²) in [4.78, 5) is 61.8. The zero-order valence-corrected chi connectivity index (χ0v) is 32.7. The molecular weight excluding hydrogens is 705 g/mol. The highest BCUT2D eigenvalue weighted by Crippen LogP contribution is 2.36. The Balaban J connectivity index is 1.00. The zero-order valence-electron chi connectivity index (χ0n) is 32.7. The Morgan fingerprint density at radius 3 is 1.70 bits per heavy atom. The Kier molecular flexibility index (Phi) is 11.9. The Bertz CT molecular complexity index is 2090. The van der Waals surface area contributed by atoms with Crippen LogP contribution in [0.25, 0.3) is 33.6 Å². The van der Waals surface area contributed by atoms with E-state index >= 15 is 0 Å². The van der Waals surface area contributed by atoms with E-state index < -0.39 is 12.1 Å². The molecule has 7 rings (SSSR count). The molecule has 56 heavy (non-hydrogen) atoms. The van der Waals surface area contributed by atoms with Crippen LogP contribution in [0.3, 0.4) is 0 Å². The fourth-order valence-electron chi connectivity index (χ4n) is 8.17. The molecule has 3 N–H and O–H groups in total. The summed E-state index contributed by atoms with van der Waals surface area (Å²) in [5, 5.41) is 2.62. The van der Waals surface area contributed by atoms with E-state index in [9.17, 15) is 14.4 Å². The van der Waals surface area contributed by atoms with Crippen LogP contribution in [0.1, 0.15) is 88.7 Å². The lowest BCUT2D eigenvalue weighted by Gasteiger charge is -2.34. The minimum absolute atomic E-state index is 0.0924. The fourth-order valence-corrected chi connectivity index (χ4v) is 8.17. The maximum Gasteiger partial charge on any atom is 0.407 e. The predicted octanol–water partition coefficient (Wildman–Crippen LogP) is 7.68. The van der Waals surface area contributed by atoms with Gasteiger partial charge in [0.1, 0.15) is 23.7 Å². The van der Waals surface area contributed by atoms with Gasteiger partial charge in [-0.15, -0.1) is 0 Å². The predicted molar refractivity (Wildman–Crippen MR) is 216 cm³/mol. The summed E-state index contributed by atoms with van der Waals surface area (Å²) in [6.07, 6.45) is 6.57. The smallest absolute Gasteiger partial charge is 0.407 e. The third-order valence-corrected chi connectivity index (χ3v) is 11.1. The molecule has 2 aromatic heterocycles.